The van der Waals surface area contributed by atoms with E-state index in [9.17, 15) is 4.79 Å². The molecule has 0 saturated heterocycles. The summed E-state index contributed by atoms with van der Waals surface area (Å²) < 4.78 is 15.3. The molecule has 6 heteroatoms. The van der Waals surface area contributed by atoms with Crippen molar-refractivity contribution in [3.05, 3.63) is 39.6 Å². The van der Waals surface area contributed by atoms with E-state index in [4.69, 9.17) is 32.7 Å². The Bertz CT molecular complexity index is 525. The number of ether oxygens (including phenoxy) is 3. The molecule has 0 aromatic heterocycles. The summed E-state index contributed by atoms with van der Waals surface area (Å²) in [4.78, 5) is 11.6. The van der Waals surface area contributed by atoms with Gasteiger partial charge in [0.05, 0.1) is 12.1 Å². The minimum Gasteiger partial charge on any atom is -0.463 e. The number of carbonyl (C=O) groups excluding carboxylic acids is 1. The van der Waals surface area contributed by atoms with Gasteiger partial charge in [0.15, 0.2) is 5.76 Å². The second kappa shape index (κ2) is 5.08. The molecule has 1 aliphatic heterocycles. The number of hydrogen-bond acceptors (Lipinski definition) is 4. The molecule has 1 aliphatic rings. The van der Waals surface area contributed by atoms with Gasteiger partial charge in [-0.2, -0.15) is 0 Å². The number of esters is 1. The monoisotopic (exact) mass is 288 g/mol. The van der Waals surface area contributed by atoms with Crippen LogP contribution in [0.5, 0.6) is 0 Å². The van der Waals surface area contributed by atoms with Crippen molar-refractivity contribution in [1.82, 2.24) is 0 Å². The van der Waals surface area contributed by atoms with Gasteiger partial charge in [0, 0.05) is 17.5 Å². The van der Waals surface area contributed by atoms with Gasteiger partial charge in [0.1, 0.15) is 0 Å². The van der Waals surface area contributed by atoms with Crippen LogP contribution in [-0.2, 0) is 19.0 Å². The van der Waals surface area contributed by atoms with Crippen LogP contribution < -0.4 is 0 Å². The fourth-order valence-corrected chi connectivity index (χ4v) is 2.05. The third-order valence-corrected chi connectivity index (χ3v) is 2.87. The average Bonchev–Trinajstić information content (AvgIpc) is 2.70. The quantitative estimate of drug-likeness (QED) is 0.784. The van der Waals surface area contributed by atoms with E-state index < -0.39 is 12.3 Å². The highest BCUT2D eigenvalue weighted by Gasteiger charge is 2.32. The third kappa shape index (κ3) is 2.40. The Hall–Kier alpha value is -1.39. The van der Waals surface area contributed by atoms with Crippen LogP contribution in [0.3, 0.4) is 0 Å². The van der Waals surface area contributed by atoms with Crippen molar-refractivity contribution < 1.29 is 19.0 Å². The van der Waals surface area contributed by atoms with E-state index in [-0.39, 0.29) is 11.5 Å². The van der Waals surface area contributed by atoms with Crippen LogP contribution in [0.1, 0.15) is 12.5 Å². The van der Waals surface area contributed by atoms with Crippen LogP contribution in [0, 0.1) is 0 Å². The zero-order valence-corrected chi connectivity index (χ0v) is 11.2. The molecule has 0 aliphatic carbocycles. The van der Waals surface area contributed by atoms with Crippen molar-refractivity contribution in [1.29, 1.82) is 0 Å². The van der Waals surface area contributed by atoms with Crippen molar-refractivity contribution in [2.24, 2.45) is 0 Å². The van der Waals surface area contributed by atoms with Gasteiger partial charge in [-0.25, -0.2) is 4.79 Å². The van der Waals surface area contributed by atoms with Crippen molar-refractivity contribution in [2.75, 3.05) is 7.11 Å². The van der Waals surface area contributed by atoms with E-state index in [1.165, 1.54) is 7.11 Å². The van der Waals surface area contributed by atoms with E-state index in [2.05, 4.69) is 4.74 Å². The lowest BCUT2D eigenvalue weighted by Crippen LogP contribution is -2.08. The molecule has 96 valence electrons. The molecule has 0 fully saturated rings. The molecule has 1 heterocycles. The summed E-state index contributed by atoms with van der Waals surface area (Å²) in [7, 11) is 1.27. The third-order valence-electron chi connectivity index (χ3n) is 2.32. The molecule has 2 rings (SSSR count). The SMILES string of the molecule is COC(=O)C1=C(c2ccc(Cl)cc2Cl)OC(C)O1. The first kappa shape index (κ1) is 13.1. The van der Waals surface area contributed by atoms with E-state index in [1.807, 2.05) is 0 Å². The van der Waals surface area contributed by atoms with Gasteiger partial charge >= 0.3 is 5.97 Å². The summed E-state index contributed by atoms with van der Waals surface area (Å²) in [5, 5.41) is 0.868. The lowest BCUT2D eigenvalue weighted by molar-refractivity contribution is -0.141. The van der Waals surface area contributed by atoms with Crippen LogP contribution in [0.15, 0.2) is 24.0 Å². The maximum atomic E-state index is 11.6. The fourth-order valence-electron chi connectivity index (χ4n) is 1.56. The molecular formula is C12H10Cl2O4. The smallest absolute Gasteiger partial charge is 0.377 e. The van der Waals surface area contributed by atoms with Crippen LogP contribution in [0.2, 0.25) is 10.0 Å². The van der Waals surface area contributed by atoms with Crippen molar-refractivity contribution in [3.63, 3.8) is 0 Å². The standard InChI is InChI=1S/C12H10Cl2O4/c1-6-17-10(11(18-6)12(15)16-2)8-4-3-7(13)5-9(8)14/h3-6H,1-2H3. The molecule has 0 N–H and O–H groups in total. The summed E-state index contributed by atoms with van der Waals surface area (Å²) in [6.45, 7) is 1.67. The first-order valence-electron chi connectivity index (χ1n) is 5.14. The molecule has 18 heavy (non-hydrogen) atoms. The van der Waals surface area contributed by atoms with E-state index in [0.29, 0.717) is 15.6 Å². The van der Waals surface area contributed by atoms with Gasteiger partial charge in [0.2, 0.25) is 6.29 Å². The van der Waals surface area contributed by atoms with E-state index in [1.54, 1.807) is 25.1 Å². The maximum absolute atomic E-state index is 11.6. The van der Waals surface area contributed by atoms with Crippen molar-refractivity contribution in [3.8, 4) is 0 Å². The maximum Gasteiger partial charge on any atom is 0.377 e. The van der Waals surface area contributed by atoms with Crippen LogP contribution in [0.4, 0.5) is 0 Å². The zero-order valence-electron chi connectivity index (χ0n) is 9.70. The Balaban J connectivity index is 2.49. The van der Waals surface area contributed by atoms with Gasteiger partial charge in [-0.1, -0.05) is 23.2 Å². The molecule has 0 saturated carbocycles. The molecule has 1 aromatic carbocycles. The zero-order chi connectivity index (χ0) is 13.3. The van der Waals surface area contributed by atoms with Gasteiger partial charge in [0.25, 0.3) is 5.76 Å². The molecule has 1 atom stereocenters. The predicted octanol–water partition coefficient (Wildman–Crippen LogP) is 3.23. The highest BCUT2D eigenvalue weighted by molar-refractivity contribution is 6.35. The topological polar surface area (TPSA) is 44.8 Å². The minimum atomic E-state index is -0.611. The first-order valence-corrected chi connectivity index (χ1v) is 5.90. The van der Waals surface area contributed by atoms with Gasteiger partial charge < -0.3 is 14.2 Å². The normalized spacial score (nSPS) is 18.3. The number of rotatable bonds is 2. The summed E-state index contributed by atoms with van der Waals surface area (Å²) in [6, 6.07) is 4.87. The van der Waals surface area contributed by atoms with E-state index >= 15 is 0 Å². The summed E-state index contributed by atoms with van der Waals surface area (Å²) in [5.74, 6) is -0.342. The van der Waals surface area contributed by atoms with Gasteiger partial charge in [-0.05, 0) is 18.2 Å². The van der Waals surface area contributed by atoms with Crippen LogP contribution in [-0.4, -0.2) is 19.4 Å². The molecule has 1 unspecified atom stereocenters. The molecule has 0 spiro atoms. The summed E-state index contributed by atoms with van der Waals surface area (Å²) in [6.07, 6.45) is -0.569. The molecule has 4 nitrogen and oxygen atoms in total. The lowest BCUT2D eigenvalue weighted by atomic mass is 10.1. The van der Waals surface area contributed by atoms with Crippen LogP contribution >= 0.6 is 23.2 Å². The summed E-state index contributed by atoms with van der Waals surface area (Å²) >= 11 is 11.9. The fraction of sp³-hybridized carbons (Fsp3) is 0.250. The second-order valence-corrected chi connectivity index (χ2v) is 4.42. The highest BCUT2D eigenvalue weighted by Crippen LogP contribution is 2.35. The predicted molar refractivity (Wildman–Crippen MR) is 67.0 cm³/mol. The Labute approximate surface area is 114 Å². The molecular weight excluding hydrogens is 279 g/mol. The lowest BCUT2D eigenvalue weighted by Gasteiger charge is -2.07. The Kier molecular flexibility index (Phi) is 3.68. The number of methoxy groups -OCH3 is 1. The Morgan fingerprint density at radius 1 is 1.33 bits per heavy atom. The average molecular weight is 289 g/mol. The Morgan fingerprint density at radius 3 is 2.67 bits per heavy atom. The van der Waals surface area contributed by atoms with E-state index in [0.717, 1.165) is 0 Å². The largest absolute Gasteiger partial charge is 0.463 e. The molecule has 0 amide bonds. The van der Waals surface area contributed by atoms with Gasteiger partial charge in [-0.3, -0.25) is 0 Å². The highest BCUT2D eigenvalue weighted by atomic mass is 35.5. The number of halogens is 2. The molecule has 1 aromatic rings. The van der Waals surface area contributed by atoms with Gasteiger partial charge in [-0.15, -0.1) is 0 Å². The molecule has 0 radical (unpaired) electrons. The minimum absolute atomic E-state index is 0.00854. The Morgan fingerprint density at radius 2 is 2.06 bits per heavy atom. The second-order valence-electron chi connectivity index (χ2n) is 3.58. The van der Waals surface area contributed by atoms with Crippen LogP contribution in [0.25, 0.3) is 5.76 Å². The summed E-state index contributed by atoms with van der Waals surface area (Å²) in [5.41, 5.74) is 0.533. The van der Waals surface area contributed by atoms with Crippen molar-refractivity contribution in [2.45, 2.75) is 13.2 Å². The number of benzene rings is 1. The first-order chi connectivity index (χ1) is 8.52. The molecule has 0 bridgehead atoms. The number of carbonyl (C=O) groups is 1. The van der Waals surface area contributed by atoms with Crippen molar-refractivity contribution >= 4 is 34.9 Å². The number of hydrogen-bond donors (Lipinski definition) is 0.